The van der Waals surface area contributed by atoms with Crippen molar-refractivity contribution < 1.29 is 9.59 Å². The number of hydrogen-bond donors (Lipinski definition) is 3. The number of carbonyl (C=O) groups excluding carboxylic acids is 2. The number of benzene rings is 1. The van der Waals surface area contributed by atoms with E-state index in [4.69, 9.17) is 0 Å². The fraction of sp³-hybridized carbons (Fsp3) is 0.529. The van der Waals surface area contributed by atoms with Crippen LogP contribution in [0.5, 0.6) is 0 Å². The van der Waals surface area contributed by atoms with E-state index in [0.717, 1.165) is 18.4 Å². The van der Waals surface area contributed by atoms with E-state index in [1.165, 1.54) is 0 Å². The Kier molecular flexibility index (Phi) is 5.81. The van der Waals surface area contributed by atoms with E-state index >= 15 is 0 Å². The number of carbonyl (C=O) groups is 2. The van der Waals surface area contributed by atoms with Crippen LogP contribution in [0.1, 0.15) is 38.3 Å². The summed E-state index contributed by atoms with van der Waals surface area (Å²) < 4.78 is 0. The Morgan fingerprint density at radius 2 is 1.73 bits per heavy atom. The van der Waals surface area contributed by atoms with Crippen LogP contribution in [-0.2, 0) is 4.79 Å². The first-order valence-corrected chi connectivity index (χ1v) is 7.95. The van der Waals surface area contributed by atoms with Crippen molar-refractivity contribution in [2.24, 2.45) is 11.8 Å². The lowest BCUT2D eigenvalue weighted by Crippen LogP contribution is -2.42. The monoisotopic (exact) mass is 303 g/mol. The molecule has 1 aliphatic carbocycles. The molecule has 0 saturated heterocycles. The predicted molar refractivity (Wildman–Crippen MR) is 86.3 cm³/mol. The highest BCUT2D eigenvalue weighted by molar-refractivity contribution is 5.78. The lowest BCUT2D eigenvalue weighted by atomic mass is 10.0. The van der Waals surface area contributed by atoms with Crippen molar-refractivity contribution in [2.75, 3.05) is 13.1 Å². The molecule has 1 aliphatic rings. The molecule has 1 fully saturated rings. The second-order valence-corrected chi connectivity index (χ2v) is 6.07. The second-order valence-electron chi connectivity index (χ2n) is 6.07. The molecule has 1 atom stereocenters. The number of rotatable bonds is 7. The van der Waals surface area contributed by atoms with Crippen LogP contribution in [0.2, 0.25) is 0 Å². The summed E-state index contributed by atoms with van der Waals surface area (Å²) in [4.78, 5) is 23.4. The van der Waals surface area contributed by atoms with Crippen LogP contribution in [0, 0.1) is 11.8 Å². The van der Waals surface area contributed by atoms with Gasteiger partial charge in [-0.05, 0) is 24.3 Å². The summed E-state index contributed by atoms with van der Waals surface area (Å²) in [6, 6.07) is 9.95. The fourth-order valence-corrected chi connectivity index (χ4v) is 2.32. The third-order valence-corrected chi connectivity index (χ3v) is 3.77. The smallest absolute Gasteiger partial charge is 0.315 e. The molecule has 0 spiro atoms. The maximum atomic E-state index is 12.0. The van der Waals surface area contributed by atoms with Gasteiger partial charge in [0.2, 0.25) is 5.91 Å². The summed E-state index contributed by atoms with van der Waals surface area (Å²) in [7, 11) is 0. The third-order valence-electron chi connectivity index (χ3n) is 3.77. The molecule has 0 radical (unpaired) electrons. The third kappa shape index (κ3) is 5.06. The van der Waals surface area contributed by atoms with Gasteiger partial charge in [-0.2, -0.15) is 0 Å². The summed E-state index contributed by atoms with van der Waals surface area (Å²) in [6.45, 7) is 4.56. The van der Waals surface area contributed by atoms with Crippen molar-refractivity contribution >= 4 is 11.9 Å². The van der Waals surface area contributed by atoms with Gasteiger partial charge in [-0.15, -0.1) is 0 Å². The first-order valence-electron chi connectivity index (χ1n) is 7.95. The number of nitrogens with one attached hydrogen (secondary N) is 3. The summed E-state index contributed by atoms with van der Waals surface area (Å²) >= 11 is 0. The van der Waals surface area contributed by atoms with Gasteiger partial charge in [0.05, 0.1) is 6.04 Å². The highest BCUT2D eigenvalue weighted by Crippen LogP contribution is 2.40. The quantitative estimate of drug-likeness (QED) is 0.676. The van der Waals surface area contributed by atoms with Crippen LogP contribution >= 0.6 is 0 Å². The van der Waals surface area contributed by atoms with Gasteiger partial charge in [-0.1, -0.05) is 44.2 Å². The predicted octanol–water partition coefficient (Wildman–Crippen LogP) is 2.21. The molecule has 1 aromatic carbocycles. The molecule has 2 rings (SSSR count). The SMILES string of the molecule is CC(C)C(=O)NCCNC(=O)N[C@H](c1ccccc1)C1CC1. The highest BCUT2D eigenvalue weighted by Gasteiger charge is 2.33. The molecule has 0 heterocycles. The Labute approximate surface area is 131 Å². The molecular formula is C17H25N3O2. The van der Waals surface area contributed by atoms with E-state index in [9.17, 15) is 9.59 Å². The van der Waals surface area contributed by atoms with Crippen molar-refractivity contribution in [1.29, 1.82) is 0 Å². The molecule has 5 nitrogen and oxygen atoms in total. The largest absolute Gasteiger partial charge is 0.354 e. The van der Waals surface area contributed by atoms with Crippen molar-refractivity contribution in [3.05, 3.63) is 35.9 Å². The van der Waals surface area contributed by atoms with E-state index in [1.807, 2.05) is 44.2 Å². The minimum Gasteiger partial charge on any atom is -0.354 e. The lowest BCUT2D eigenvalue weighted by Gasteiger charge is -2.19. The van der Waals surface area contributed by atoms with Crippen LogP contribution in [-0.4, -0.2) is 25.0 Å². The Bertz CT molecular complexity index is 498. The maximum absolute atomic E-state index is 12.0. The molecule has 1 saturated carbocycles. The minimum absolute atomic E-state index is 0.00218. The Hall–Kier alpha value is -2.04. The fourth-order valence-electron chi connectivity index (χ4n) is 2.32. The summed E-state index contributed by atoms with van der Waals surface area (Å²) in [5, 5.41) is 8.61. The van der Waals surface area contributed by atoms with Crippen molar-refractivity contribution in [3.63, 3.8) is 0 Å². The van der Waals surface area contributed by atoms with Crippen LogP contribution in [0.25, 0.3) is 0 Å². The molecule has 3 N–H and O–H groups in total. The number of amides is 3. The van der Waals surface area contributed by atoms with Crippen LogP contribution < -0.4 is 16.0 Å². The average Bonchev–Trinajstić information content (AvgIpc) is 3.34. The average molecular weight is 303 g/mol. The molecule has 0 unspecified atom stereocenters. The number of urea groups is 1. The van der Waals surface area contributed by atoms with Gasteiger partial charge in [0, 0.05) is 19.0 Å². The van der Waals surface area contributed by atoms with Gasteiger partial charge < -0.3 is 16.0 Å². The standard InChI is InChI=1S/C17H25N3O2/c1-12(2)16(21)18-10-11-19-17(22)20-15(14-8-9-14)13-6-4-3-5-7-13/h3-7,12,14-15H,8-11H2,1-2H3,(H,18,21)(H2,19,20,22)/t15-/m1/s1. The molecule has 0 bridgehead atoms. The van der Waals surface area contributed by atoms with Gasteiger partial charge in [-0.25, -0.2) is 4.79 Å². The van der Waals surface area contributed by atoms with E-state index in [-0.39, 0.29) is 23.9 Å². The summed E-state index contributed by atoms with van der Waals surface area (Å²) in [5.74, 6) is 0.502. The van der Waals surface area contributed by atoms with Gasteiger partial charge in [-0.3, -0.25) is 4.79 Å². The first kappa shape index (κ1) is 16.3. The van der Waals surface area contributed by atoms with Gasteiger partial charge >= 0.3 is 6.03 Å². The zero-order chi connectivity index (χ0) is 15.9. The zero-order valence-electron chi connectivity index (χ0n) is 13.3. The Morgan fingerprint density at radius 1 is 1.09 bits per heavy atom. The van der Waals surface area contributed by atoms with Crippen molar-refractivity contribution in [1.82, 2.24) is 16.0 Å². The Balaban J connectivity index is 1.74. The molecule has 0 aliphatic heterocycles. The molecule has 22 heavy (non-hydrogen) atoms. The Morgan fingerprint density at radius 3 is 2.32 bits per heavy atom. The highest BCUT2D eigenvalue weighted by atomic mass is 16.2. The van der Waals surface area contributed by atoms with Crippen LogP contribution in [0.4, 0.5) is 4.79 Å². The molecule has 5 heteroatoms. The summed E-state index contributed by atoms with van der Waals surface area (Å²) in [5.41, 5.74) is 1.15. The number of hydrogen-bond acceptors (Lipinski definition) is 2. The molecule has 0 aromatic heterocycles. The topological polar surface area (TPSA) is 70.2 Å². The van der Waals surface area contributed by atoms with Gasteiger partial charge in [0.15, 0.2) is 0 Å². The van der Waals surface area contributed by atoms with Crippen LogP contribution in [0.15, 0.2) is 30.3 Å². The first-order chi connectivity index (χ1) is 10.6. The van der Waals surface area contributed by atoms with Gasteiger partial charge in [0.25, 0.3) is 0 Å². The lowest BCUT2D eigenvalue weighted by molar-refractivity contribution is -0.123. The van der Waals surface area contributed by atoms with E-state index in [2.05, 4.69) is 16.0 Å². The minimum atomic E-state index is -0.181. The molecule has 1 aromatic rings. The van der Waals surface area contributed by atoms with E-state index in [0.29, 0.717) is 19.0 Å². The van der Waals surface area contributed by atoms with E-state index < -0.39 is 0 Å². The van der Waals surface area contributed by atoms with E-state index in [1.54, 1.807) is 0 Å². The van der Waals surface area contributed by atoms with Gasteiger partial charge in [0.1, 0.15) is 0 Å². The summed E-state index contributed by atoms with van der Waals surface area (Å²) in [6.07, 6.45) is 2.31. The molecule has 3 amide bonds. The zero-order valence-corrected chi connectivity index (χ0v) is 13.3. The molecular weight excluding hydrogens is 278 g/mol. The van der Waals surface area contributed by atoms with Crippen molar-refractivity contribution in [2.45, 2.75) is 32.7 Å². The van der Waals surface area contributed by atoms with Crippen LogP contribution in [0.3, 0.4) is 0 Å². The maximum Gasteiger partial charge on any atom is 0.315 e. The van der Waals surface area contributed by atoms with Crippen molar-refractivity contribution in [3.8, 4) is 0 Å². The molecule has 120 valence electrons. The normalized spacial score (nSPS) is 15.2. The second kappa shape index (κ2) is 7.82.